The highest BCUT2D eigenvalue weighted by atomic mass is 32.1. The summed E-state index contributed by atoms with van der Waals surface area (Å²) in [6.07, 6.45) is 1.16. The van der Waals surface area contributed by atoms with Gasteiger partial charge < -0.3 is 10.3 Å². The molecule has 0 bridgehead atoms. The van der Waals surface area contributed by atoms with E-state index in [2.05, 4.69) is 17.1 Å². The van der Waals surface area contributed by atoms with Crippen LogP contribution in [-0.4, -0.2) is 10.1 Å². The molecule has 2 heterocycles. The van der Waals surface area contributed by atoms with Crippen molar-refractivity contribution in [2.75, 3.05) is 5.73 Å². The van der Waals surface area contributed by atoms with Crippen LogP contribution in [0.15, 0.2) is 10.6 Å². The average molecular weight is 235 g/mol. The van der Waals surface area contributed by atoms with Gasteiger partial charge in [0.15, 0.2) is 5.82 Å². The van der Waals surface area contributed by atoms with Crippen LogP contribution in [0.2, 0.25) is 0 Å². The van der Waals surface area contributed by atoms with Gasteiger partial charge in [0, 0.05) is 10.8 Å². The molecular weight excluding hydrogens is 222 g/mol. The average Bonchev–Trinajstić information content (AvgIpc) is 2.67. The lowest BCUT2D eigenvalue weighted by Crippen LogP contribution is -1.86. The van der Waals surface area contributed by atoms with Crippen molar-refractivity contribution in [3.05, 3.63) is 16.8 Å². The number of nitrogens with two attached hydrogens (primary N) is 1. The fourth-order valence-electron chi connectivity index (χ4n) is 1.88. The van der Waals surface area contributed by atoms with Crippen molar-refractivity contribution < 1.29 is 4.52 Å². The van der Waals surface area contributed by atoms with E-state index in [0.29, 0.717) is 17.7 Å². The molecule has 0 spiro atoms. The van der Waals surface area contributed by atoms with Crippen molar-refractivity contribution in [1.29, 1.82) is 0 Å². The molecule has 2 atom stereocenters. The van der Waals surface area contributed by atoms with Crippen LogP contribution >= 0.6 is 11.3 Å². The van der Waals surface area contributed by atoms with Crippen LogP contribution < -0.4 is 5.73 Å². The van der Waals surface area contributed by atoms with E-state index in [0.717, 1.165) is 27.7 Å². The van der Waals surface area contributed by atoms with Crippen LogP contribution in [0.5, 0.6) is 0 Å². The van der Waals surface area contributed by atoms with Gasteiger partial charge in [0.1, 0.15) is 0 Å². The molecule has 2 aromatic rings. The van der Waals surface area contributed by atoms with Crippen LogP contribution in [0.3, 0.4) is 0 Å². The van der Waals surface area contributed by atoms with Crippen LogP contribution in [0.1, 0.15) is 30.0 Å². The first-order valence-corrected chi connectivity index (χ1v) is 6.16. The number of aryl methyl sites for hydroxylation is 1. The molecule has 0 aromatic carbocycles. The van der Waals surface area contributed by atoms with Gasteiger partial charge in [0.2, 0.25) is 0 Å². The van der Waals surface area contributed by atoms with Gasteiger partial charge in [-0.15, -0.1) is 11.3 Å². The summed E-state index contributed by atoms with van der Waals surface area (Å²) in [6.45, 7) is 4.22. The minimum atomic E-state index is 0.485. The number of rotatable bonds is 2. The Morgan fingerprint density at radius 2 is 2.31 bits per heavy atom. The summed E-state index contributed by atoms with van der Waals surface area (Å²) in [5, 5.41) is 4.77. The van der Waals surface area contributed by atoms with Crippen molar-refractivity contribution in [3.63, 3.8) is 0 Å². The third-order valence-electron chi connectivity index (χ3n) is 3.00. The maximum atomic E-state index is 5.89. The van der Waals surface area contributed by atoms with E-state index in [4.69, 9.17) is 10.3 Å². The molecule has 1 saturated carbocycles. The molecule has 0 radical (unpaired) electrons. The van der Waals surface area contributed by atoms with Gasteiger partial charge in [0.05, 0.1) is 10.6 Å². The maximum absolute atomic E-state index is 5.89. The standard InChI is InChI=1S/C11H13N3OS/c1-5-3-7(5)10-13-11(15-14-10)8-4-6(2)16-9(8)12/h4-5,7H,3,12H2,1-2H3. The zero-order valence-electron chi connectivity index (χ0n) is 9.23. The fourth-order valence-corrected chi connectivity index (χ4v) is 2.66. The second-order valence-electron chi connectivity index (χ2n) is 4.41. The van der Waals surface area contributed by atoms with Gasteiger partial charge >= 0.3 is 0 Å². The van der Waals surface area contributed by atoms with Gasteiger partial charge in [0.25, 0.3) is 5.89 Å². The summed E-state index contributed by atoms with van der Waals surface area (Å²) in [6, 6.07) is 1.99. The highest BCUT2D eigenvalue weighted by molar-refractivity contribution is 7.16. The summed E-state index contributed by atoms with van der Waals surface area (Å²) < 4.78 is 5.26. The van der Waals surface area contributed by atoms with Gasteiger partial charge in [-0.05, 0) is 25.3 Å². The van der Waals surface area contributed by atoms with Crippen LogP contribution in [0.4, 0.5) is 5.00 Å². The predicted octanol–water partition coefficient (Wildman–Crippen LogP) is 2.81. The van der Waals surface area contributed by atoms with E-state index >= 15 is 0 Å². The minimum absolute atomic E-state index is 0.485. The van der Waals surface area contributed by atoms with Crippen LogP contribution in [-0.2, 0) is 0 Å². The van der Waals surface area contributed by atoms with E-state index in [1.54, 1.807) is 11.3 Å². The molecule has 2 unspecified atom stereocenters. The van der Waals surface area contributed by atoms with Crippen LogP contribution in [0, 0.1) is 12.8 Å². The number of thiophene rings is 1. The zero-order valence-corrected chi connectivity index (χ0v) is 10.0. The summed E-state index contributed by atoms with van der Waals surface area (Å²) >= 11 is 1.55. The zero-order chi connectivity index (χ0) is 11.3. The lowest BCUT2D eigenvalue weighted by Gasteiger charge is -1.89. The topological polar surface area (TPSA) is 64.9 Å². The first-order chi connectivity index (χ1) is 7.65. The van der Waals surface area contributed by atoms with Crippen molar-refractivity contribution >= 4 is 16.3 Å². The first-order valence-electron chi connectivity index (χ1n) is 5.35. The van der Waals surface area contributed by atoms with E-state index < -0.39 is 0 Å². The van der Waals surface area contributed by atoms with Crippen molar-refractivity contribution in [1.82, 2.24) is 10.1 Å². The lowest BCUT2D eigenvalue weighted by molar-refractivity contribution is 0.422. The van der Waals surface area contributed by atoms with Gasteiger partial charge in [-0.3, -0.25) is 0 Å². The lowest BCUT2D eigenvalue weighted by atomic mass is 10.3. The summed E-state index contributed by atoms with van der Waals surface area (Å²) in [5.41, 5.74) is 6.76. The summed E-state index contributed by atoms with van der Waals surface area (Å²) in [7, 11) is 0. The van der Waals surface area contributed by atoms with E-state index in [1.165, 1.54) is 0 Å². The largest absolute Gasteiger partial charge is 0.390 e. The Hall–Kier alpha value is -1.36. The number of hydrogen-bond donors (Lipinski definition) is 1. The fraction of sp³-hybridized carbons (Fsp3) is 0.455. The van der Waals surface area contributed by atoms with Gasteiger partial charge in [-0.1, -0.05) is 12.1 Å². The Kier molecular flexibility index (Phi) is 2.04. The molecule has 1 fully saturated rings. The molecule has 0 aliphatic heterocycles. The quantitative estimate of drug-likeness (QED) is 0.869. The monoisotopic (exact) mass is 235 g/mol. The van der Waals surface area contributed by atoms with Crippen molar-refractivity contribution in [2.45, 2.75) is 26.2 Å². The highest BCUT2D eigenvalue weighted by Gasteiger charge is 2.38. The summed E-state index contributed by atoms with van der Waals surface area (Å²) in [5.74, 6) is 2.55. The maximum Gasteiger partial charge on any atom is 0.260 e. The summed E-state index contributed by atoms with van der Waals surface area (Å²) in [4.78, 5) is 5.58. The van der Waals surface area contributed by atoms with E-state index in [-0.39, 0.29) is 0 Å². The molecule has 0 amide bonds. The molecular formula is C11H13N3OS. The van der Waals surface area contributed by atoms with Crippen molar-refractivity contribution in [3.8, 4) is 11.5 Å². The smallest absolute Gasteiger partial charge is 0.260 e. The minimum Gasteiger partial charge on any atom is -0.390 e. The molecule has 3 rings (SSSR count). The third-order valence-corrected chi connectivity index (χ3v) is 3.88. The number of nitrogens with zero attached hydrogens (tertiary/aromatic N) is 2. The number of anilines is 1. The second kappa shape index (κ2) is 3.31. The SMILES string of the molecule is Cc1cc(-c2nc(C3CC3C)no2)c(N)s1. The molecule has 84 valence electrons. The molecule has 5 heteroatoms. The second-order valence-corrected chi connectivity index (χ2v) is 5.70. The van der Waals surface area contributed by atoms with Crippen LogP contribution in [0.25, 0.3) is 11.5 Å². The number of aromatic nitrogens is 2. The van der Waals surface area contributed by atoms with E-state index in [1.807, 2.05) is 13.0 Å². The number of hydrogen-bond acceptors (Lipinski definition) is 5. The molecule has 16 heavy (non-hydrogen) atoms. The Labute approximate surface area is 97.5 Å². The van der Waals surface area contributed by atoms with Crippen molar-refractivity contribution in [2.24, 2.45) is 5.92 Å². The van der Waals surface area contributed by atoms with Gasteiger partial charge in [-0.2, -0.15) is 4.98 Å². The Bertz CT molecular complexity index is 531. The Balaban J connectivity index is 1.95. The normalized spacial score (nSPS) is 23.6. The first kappa shape index (κ1) is 9.84. The number of nitrogen functional groups attached to an aromatic ring is 1. The highest BCUT2D eigenvalue weighted by Crippen LogP contribution is 2.46. The molecule has 1 aliphatic rings. The van der Waals surface area contributed by atoms with Gasteiger partial charge in [-0.25, -0.2) is 0 Å². The molecule has 2 aromatic heterocycles. The predicted molar refractivity (Wildman–Crippen MR) is 63.3 cm³/mol. The van der Waals surface area contributed by atoms with E-state index in [9.17, 15) is 0 Å². The third kappa shape index (κ3) is 1.51. The molecule has 4 nitrogen and oxygen atoms in total. The Morgan fingerprint density at radius 1 is 1.56 bits per heavy atom. The molecule has 1 aliphatic carbocycles. The molecule has 0 saturated heterocycles. The molecule has 2 N–H and O–H groups in total. The Morgan fingerprint density at radius 3 is 2.88 bits per heavy atom.